The van der Waals surface area contributed by atoms with Crippen LogP contribution < -0.4 is 4.90 Å². The summed E-state index contributed by atoms with van der Waals surface area (Å²) in [6.45, 7) is 0.0532. The Kier molecular flexibility index (Phi) is 5.74. The van der Waals surface area contributed by atoms with Gasteiger partial charge in [-0.15, -0.1) is 0 Å². The second-order valence-corrected chi connectivity index (χ2v) is 7.45. The highest BCUT2D eigenvalue weighted by molar-refractivity contribution is 6.30. The van der Waals surface area contributed by atoms with Gasteiger partial charge in [0.25, 0.3) is 6.43 Å². The molecule has 156 valence electrons. The van der Waals surface area contributed by atoms with Crippen molar-refractivity contribution in [3.63, 3.8) is 0 Å². The number of H-pyrrole nitrogens is 1. The Hall–Kier alpha value is -2.91. The van der Waals surface area contributed by atoms with Gasteiger partial charge in [0.05, 0.1) is 24.7 Å². The lowest BCUT2D eigenvalue weighted by Crippen LogP contribution is -2.29. The van der Waals surface area contributed by atoms with Gasteiger partial charge in [0.15, 0.2) is 5.82 Å². The van der Waals surface area contributed by atoms with Crippen LogP contribution in [0.25, 0.3) is 11.3 Å². The zero-order valence-electron chi connectivity index (χ0n) is 15.7. The maximum Gasteiger partial charge on any atom is 0.264 e. The molecule has 0 bridgehead atoms. The van der Waals surface area contributed by atoms with Gasteiger partial charge in [0.2, 0.25) is 5.91 Å². The van der Waals surface area contributed by atoms with Crippen molar-refractivity contribution in [2.24, 2.45) is 5.92 Å². The van der Waals surface area contributed by atoms with E-state index in [9.17, 15) is 18.7 Å². The zero-order chi connectivity index (χ0) is 21.3. The summed E-state index contributed by atoms with van der Waals surface area (Å²) in [5.41, 5.74) is 1.95. The number of carbonyl (C=O) groups is 1. The number of benzene rings is 1. The first-order valence-electron chi connectivity index (χ1n) is 9.32. The van der Waals surface area contributed by atoms with Gasteiger partial charge >= 0.3 is 0 Å². The number of aliphatic hydroxyl groups excluding tert-OH is 1. The van der Waals surface area contributed by atoms with Gasteiger partial charge in [-0.05, 0) is 36.6 Å². The summed E-state index contributed by atoms with van der Waals surface area (Å²) in [6, 6.07) is 6.05. The number of hydrogen-bond acceptors (Lipinski definition) is 5. The summed E-state index contributed by atoms with van der Waals surface area (Å²) in [4.78, 5) is 14.5. The lowest BCUT2D eigenvalue weighted by Gasteiger charge is -2.16. The summed E-state index contributed by atoms with van der Waals surface area (Å²) >= 11 is 5.84. The van der Waals surface area contributed by atoms with Crippen molar-refractivity contribution < 1.29 is 18.7 Å². The smallest absolute Gasteiger partial charge is 0.264 e. The van der Waals surface area contributed by atoms with E-state index >= 15 is 0 Å². The minimum absolute atomic E-state index is 0.156. The van der Waals surface area contributed by atoms with E-state index in [-0.39, 0.29) is 29.5 Å². The van der Waals surface area contributed by atoms with Crippen molar-refractivity contribution >= 4 is 23.3 Å². The van der Waals surface area contributed by atoms with Crippen LogP contribution >= 0.6 is 11.6 Å². The summed E-state index contributed by atoms with van der Waals surface area (Å²) in [5, 5.41) is 24.7. The van der Waals surface area contributed by atoms with Crippen LogP contribution in [0.5, 0.6) is 0 Å². The predicted octanol–water partition coefficient (Wildman–Crippen LogP) is 3.55. The van der Waals surface area contributed by atoms with Crippen LogP contribution in [0.15, 0.2) is 36.7 Å². The summed E-state index contributed by atoms with van der Waals surface area (Å²) < 4.78 is 26.8. The molecule has 2 aromatic heterocycles. The van der Waals surface area contributed by atoms with Gasteiger partial charge in [-0.3, -0.25) is 14.8 Å². The Morgan fingerprint density at radius 3 is 2.83 bits per heavy atom. The molecule has 1 unspecified atom stereocenters. The highest BCUT2D eigenvalue weighted by Crippen LogP contribution is 2.35. The topological polar surface area (TPSA) is 95.0 Å². The minimum atomic E-state index is -2.67. The average molecular weight is 434 g/mol. The average Bonchev–Trinajstić information content (AvgIpc) is 3.33. The second kappa shape index (κ2) is 8.45. The number of halogens is 3. The fourth-order valence-electron chi connectivity index (χ4n) is 3.76. The van der Waals surface area contributed by atoms with E-state index in [1.54, 1.807) is 18.2 Å². The van der Waals surface area contributed by atoms with Crippen molar-refractivity contribution in [1.82, 2.24) is 20.4 Å². The summed E-state index contributed by atoms with van der Waals surface area (Å²) in [6.07, 6.45) is 1.05. The van der Waals surface area contributed by atoms with Crippen molar-refractivity contribution in [2.75, 3.05) is 11.4 Å². The van der Waals surface area contributed by atoms with E-state index in [1.165, 1.54) is 23.4 Å². The van der Waals surface area contributed by atoms with E-state index in [4.69, 9.17) is 11.6 Å². The molecule has 0 aliphatic carbocycles. The number of alkyl halides is 2. The molecule has 3 aromatic rings. The quantitative estimate of drug-likeness (QED) is 0.620. The van der Waals surface area contributed by atoms with Gasteiger partial charge in [-0.25, -0.2) is 8.78 Å². The van der Waals surface area contributed by atoms with Gasteiger partial charge < -0.3 is 5.11 Å². The maximum absolute atomic E-state index is 13.4. The summed E-state index contributed by atoms with van der Waals surface area (Å²) in [5.74, 6) is -0.342. The number of aromatic nitrogens is 4. The first kappa shape index (κ1) is 20.4. The molecule has 1 saturated heterocycles. The number of carbonyl (C=O) groups excluding carboxylic acids is 1. The summed E-state index contributed by atoms with van der Waals surface area (Å²) in [7, 11) is 0. The van der Waals surface area contributed by atoms with Crippen molar-refractivity contribution in [2.45, 2.75) is 25.9 Å². The third-order valence-electron chi connectivity index (χ3n) is 5.26. The van der Waals surface area contributed by atoms with Crippen LogP contribution in [0.3, 0.4) is 0 Å². The standard InChI is InChI=1S/C20H18ClF2N5O2/c21-14-2-1-11(15(8-14)18(22)23)7-12-4-6-28(20(12)30)19-16(10-29)17(26-27-19)13-3-5-24-25-9-13/h1-3,5,8-9,12,18,29H,4,6-7,10H2,(H,26,27). The molecule has 1 aliphatic rings. The normalized spacial score (nSPS) is 16.6. The lowest BCUT2D eigenvalue weighted by molar-refractivity contribution is -0.120. The highest BCUT2D eigenvalue weighted by Gasteiger charge is 2.36. The van der Waals surface area contributed by atoms with Crippen molar-refractivity contribution in [1.29, 1.82) is 0 Å². The molecule has 2 N–H and O–H groups in total. The molecular weight excluding hydrogens is 416 g/mol. The van der Waals surface area contributed by atoms with E-state index < -0.39 is 12.3 Å². The monoisotopic (exact) mass is 433 g/mol. The molecule has 0 spiro atoms. The van der Waals surface area contributed by atoms with E-state index in [1.807, 2.05) is 0 Å². The first-order valence-corrected chi connectivity index (χ1v) is 9.70. The maximum atomic E-state index is 13.4. The molecule has 1 fully saturated rings. The van der Waals surface area contributed by atoms with Crippen LogP contribution in [0.1, 0.15) is 29.5 Å². The van der Waals surface area contributed by atoms with E-state index in [0.717, 1.165) is 0 Å². The Bertz CT molecular complexity index is 1060. The van der Waals surface area contributed by atoms with Gasteiger partial charge in [-0.2, -0.15) is 15.3 Å². The zero-order valence-corrected chi connectivity index (χ0v) is 16.5. The predicted molar refractivity (Wildman–Crippen MR) is 106 cm³/mol. The largest absolute Gasteiger partial charge is 0.391 e. The van der Waals surface area contributed by atoms with Crippen LogP contribution in [0, 0.1) is 5.92 Å². The van der Waals surface area contributed by atoms with Gasteiger partial charge in [0.1, 0.15) is 0 Å². The molecule has 0 saturated carbocycles. The van der Waals surface area contributed by atoms with Crippen molar-refractivity contribution in [3.8, 4) is 11.3 Å². The number of nitrogens with zero attached hydrogens (tertiary/aromatic N) is 4. The number of rotatable bonds is 6. The molecule has 4 rings (SSSR count). The van der Waals surface area contributed by atoms with Crippen molar-refractivity contribution in [3.05, 3.63) is 58.4 Å². The number of aliphatic hydroxyl groups is 1. The molecule has 0 radical (unpaired) electrons. The molecule has 1 aliphatic heterocycles. The lowest BCUT2D eigenvalue weighted by atomic mass is 9.94. The molecule has 3 heterocycles. The molecule has 1 aromatic carbocycles. The Balaban J connectivity index is 1.58. The second-order valence-electron chi connectivity index (χ2n) is 7.01. The number of hydrogen-bond donors (Lipinski definition) is 2. The number of amides is 1. The fraction of sp³-hybridized carbons (Fsp3) is 0.300. The molecule has 7 nitrogen and oxygen atoms in total. The Labute approximate surface area is 175 Å². The van der Waals surface area contributed by atoms with Gasteiger partial charge in [-0.1, -0.05) is 17.7 Å². The molecular formula is C20H18ClF2N5O2. The fourth-order valence-corrected chi connectivity index (χ4v) is 3.95. The highest BCUT2D eigenvalue weighted by atomic mass is 35.5. The molecule has 30 heavy (non-hydrogen) atoms. The van der Waals surface area contributed by atoms with Crippen LogP contribution in [-0.4, -0.2) is 38.0 Å². The van der Waals surface area contributed by atoms with E-state index in [0.29, 0.717) is 41.2 Å². The third kappa shape index (κ3) is 3.78. The van der Waals surface area contributed by atoms with E-state index in [2.05, 4.69) is 20.4 Å². The molecule has 1 atom stereocenters. The Morgan fingerprint density at radius 2 is 2.13 bits per heavy atom. The number of nitrogens with one attached hydrogen (secondary N) is 1. The van der Waals surface area contributed by atoms with Crippen LogP contribution in [0.4, 0.5) is 14.6 Å². The van der Waals surface area contributed by atoms with Crippen LogP contribution in [0.2, 0.25) is 5.02 Å². The molecule has 10 heteroatoms. The minimum Gasteiger partial charge on any atom is -0.391 e. The first-order chi connectivity index (χ1) is 14.5. The van der Waals surface area contributed by atoms with Gasteiger partial charge in [0, 0.05) is 34.2 Å². The number of anilines is 1. The number of aromatic amines is 1. The SMILES string of the molecule is O=C1C(Cc2ccc(Cl)cc2C(F)F)CCN1c1n[nH]c(-c2ccnnc2)c1CO. The Morgan fingerprint density at radius 1 is 1.30 bits per heavy atom. The molecule has 1 amide bonds. The van der Waals surface area contributed by atoms with Crippen LogP contribution in [-0.2, 0) is 17.8 Å². The third-order valence-corrected chi connectivity index (χ3v) is 5.49.